The van der Waals surface area contributed by atoms with Crippen molar-refractivity contribution < 1.29 is 45.8 Å². The minimum Gasteiger partial charge on any atom is -0.459 e. The van der Waals surface area contributed by atoms with Gasteiger partial charge in [-0.05, 0) is 24.3 Å². The first-order chi connectivity index (χ1) is 17.9. The maximum Gasteiger partial charge on any atom is 0.423 e. The van der Waals surface area contributed by atoms with Gasteiger partial charge in [0.15, 0.2) is 6.10 Å². The Hall–Kier alpha value is -4.33. The van der Waals surface area contributed by atoms with E-state index < -0.39 is 65.9 Å². The summed E-state index contributed by atoms with van der Waals surface area (Å²) in [5.41, 5.74) is -5.50. The van der Waals surface area contributed by atoms with Crippen molar-refractivity contribution in [3.8, 4) is 0 Å². The lowest BCUT2D eigenvalue weighted by molar-refractivity contribution is -0.148. The minimum atomic E-state index is -5.29. The molecule has 3 aromatic rings. The molecule has 2 aromatic carbocycles. The molecule has 200 valence electrons. The number of H-pyrrole nitrogens is 1. The van der Waals surface area contributed by atoms with Gasteiger partial charge in [0, 0.05) is 6.20 Å². The molecule has 38 heavy (non-hydrogen) atoms. The highest BCUT2D eigenvalue weighted by Gasteiger charge is 2.63. The molecule has 0 spiro atoms. The highest BCUT2D eigenvalue weighted by Crippen LogP contribution is 2.44. The van der Waals surface area contributed by atoms with E-state index in [-0.39, 0.29) is 21.9 Å². The summed E-state index contributed by atoms with van der Waals surface area (Å²) < 4.78 is 85.8. The maximum absolute atomic E-state index is 15.6. The third kappa shape index (κ3) is 5.34. The second kappa shape index (κ2) is 10.2. The molecule has 0 aliphatic carbocycles. The molecule has 0 radical (unpaired) electrons. The molecular formula is C24H17F5N2O7. The Morgan fingerprint density at radius 2 is 1.50 bits per heavy atom. The van der Waals surface area contributed by atoms with Crippen LogP contribution in [0.5, 0.6) is 0 Å². The Morgan fingerprint density at radius 1 is 0.947 bits per heavy atom. The normalized spacial score (nSPS) is 20.6. The molecule has 1 saturated heterocycles. The van der Waals surface area contributed by atoms with Gasteiger partial charge in [0.05, 0.1) is 11.1 Å². The summed E-state index contributed by atoms with van der Waals surface area (Å²) in [6, 6.07) is 14.3. The molecule has 3 atom stereocenters. The van der Waals surface area contributed by atoms with Gasteiger partial charge in [-0.15, -0.1) is 0 Å². The van der Waals surface area contributed by atoms with Crippen LogP contribution in [0.1, 0.15) is 32.5 Å². The number of ether oxygens (including phenoxy) is 3. The summed E-state index contributed by atoms with van der Waals surface area (Å²) in [7, 11) is 0. The number of carbonyl (C=O) groups excluding carboxylic acids is 2. The number of esters is 2. The first-order valence-electron chi connectivity index (χ1n) is 10.8. The van der Waals surface area contributed by atoms with E-state index >= 15 is 8.78 Å². The fourth-order valence-corrected chi connectivity index (χ4v) is 3.68. The number of halogens is 5. The second-order valence-corrected chi connectivity index (χ2v) is 8.06. The van der Waals surface area contributed by atoms with Crippen LogP contribution in [-0.4, -0.2) is 46.2 Å². The second-order valence-electron chi connectivity index (χ2n) is 8.06. The van der Waals surface area contributed by atoms with Crippen LogP contribution in [-0.2, 0) is 20.4 Å². The lowest BCUT2D eigenvalue weighted by Gasteiger charge is -2.24. The molecule has 9 nitrogen and oxygen atoms in total. The van der Waals surface area contributed by atoms with Gasteiger partial charge in [0.2, 0.25) is 6.23 Å². The molecule has 4 rings (SSSR count). The van der Waals surface area contributed by atoms with Crippen LogP contribution in [0.15, 0.2) is 76.4 Å². The van der Waals surface area contributed by atoms with Crippen LogP contribution >= 0.6 is 0 Å². The Labute approximate surface area is 209 Å². The Morgan fingerprint density at radius 3 is 2.05 bits per heavy atom. The van der Waals surface area contributed by atoms with Crippen molar-refractivity contribution >= 4 is 11.9 Å². The SMILES string of the molecule is O=C(OC[C@H]1O[C@@H](n2cc(C(F)(F)F)c(=O)[nH]c2=O)C(F)(F)[C@@H]1OC(=O)c1ccccc1)c1ccccc1. The molecule has 0 unspecified atom stereocenters. The molecule has 1 N–H and O–H groups in total. The molecule has 0 amide bonds. The molecule has 0 bridgehead atoms. The van der Waals surface area contributed by atoms with Crippen LogP contribution in [0.3, 0.4) is 0 Å². The fraction of sp³-hybridized carbons (Fsp3) is 0.250. The van der Waals surface area contributed by atoms with E-state index in [1.54, 1.807) is 12.1 Å². The average molecular weight is 540 g/mol. The molecule has 14 heteroatoms. The zero-order valence-corrected chi connectivity index (χ0v) is 19.0. The lowest BCUT2D eigenvalue weighted by atomic mass is 10.1. The number of aromatic amines is 1. The van der Waals surface area contributed by atoms with Crippen molar-refractivity contribution in [3.63, 3.8) is 0 Å². The molecule has 0 saturated carbocycles. The van der Waals surface area contributed by atoms with E-state index in [2.05, 4.69) is 0 Å². The number of benzene rings is 2. The number of hydrogen-bond acceptors (Lipinski definition) is 7. The highest BCUT2D eigenvalue weighted by atomic mass is 19.4. The van der Waals surface area contributed by atoms with Crippen molar-refractivity contribution in [3.05, 3.63) is 104 Å². The van der Waals surface area contributed by atoms with E-state index in [0.717, 1.165) is 0 Å². The van der Waals surface area contributed by atoms with Crippen LogP contribution in [0.25, 0.3) is 0 Å². The minimum absolute atomic E-state index is 0.0540. The van der Waals surface area contributed by atoms with Crippen LogP contribution < -0.4 is 11.2 Å². The van der Waals surface area contributed by atoms with Gasteiger partial charge >= 0.3 is 29.7 Å². The topological polar surface area (TPSA) is 117 Å². The molecule has 1 aliphatic heterocycles. The van der Waals surface area contributed by atoms with E-state index in [1.807, 2.05) is 0 Å². The van der Waals surface area contributed by atoms with Gasteiger partial charge in [-0.2, -0.15) is 22.0 Å². The monoisotopic (exact) mass is 540 g/mol. The largest absolute Gasteiger partial charge is 0.459 e. The fourth-order valence-electron chi connectivity index (χ4n) is 3.68. The zero-order valence-electron chi connectivity index (χ0n) is 19.0. The Kier molecular flexibility index (Phi) is 7.18. The average Bonchev–Trinajstić information content (AvgIpc) is 3.12. The van der Waals surface area contributed by atoms with Crippen molar-refractivity contribution in [2.45, 2.75) is 30.5 Å². The van der Waals surface area contributed by atoms with Gasteiger partial charge in [-0.3, -0.25) is 14.3 Å². The van der Waals surface area contributed by atoms with Crippen molar-refractivity contribution in [2.75, 3.05) is 6.61 Å². The van der Waals surface area contributed by atoms with E-state index in [0.29, 0.717) is 0 Å². The quantitative estimate of drug-likeness (QED) is 0.377. The first kappa shape index (κ1) is 26.7. The summed E-state index contributed by atoms with van der Waals surface area (Å²) in [5, 5.41) is 0. The maximum atomic E-state index is 15.6. The summed E-state index contributed by atoms with van der Waals surface area (Å²) in [6.07, 6.45) is -12.6. The molecular weight excluding hydrogens is 523 g/mol. The third-order valence-corrected chi connectivity index (χ3v) is 5.51. The molecule has 2 heterocycles. The van der Waals surface area contributed by atoms with Gasteiger partial charge in [0.25, 0.3) is 5.56 Å². The van der Waals surface area contributed by atoms with Crippen molar-refractivity contribution in [2.24, 2.45) is 0 Å². The van der Waals surface area contributed by atoms with Crippen molar-refractivity contribution in [1.29, 1.82) is 0 Å². The Bertz CT molecular complexity index is 1440. The predicted octanol–water partition coefficient (Wildman–Crippen LogP) is 3.17. The van der Waals surface area contributed by atoms with Crippen LogP contribution in [0.2, 0.25) is 0 Å². The summed E-state index contributed by atoms with van der Waals surface area (Å²) in [6.45, 7) is -0.920. The Balaban J connectivity index is 1.69. The van der Waals surface area contributed by atoms with Gasteiger partial charge in [-0.25, -0.2) is 14.4 Å². The lowest BCUT2D eigenvalue weighted by Crippen LogP contribution is -2.46. The molecule has 1 aromatic heterocycles. The zero-order chi connectivity index (χ0) is 27.7. The number of aromatic nitrogens is 2. The summed E-state index contributed by atoms with van der Waals surface area (Å²) >= 11 is 0. The predicted molar refractivity (Wildman–Crippen MR) is 118 cm³/mol. The molecule has 1 aliphatic rings. The highest BCUT2D eigenvalue weighted by molar-refractivity contribution is 5.90. The standard InChI is InChI=1S/C24H17F5N2O7/c25-23(26)17(38-20(34)14-9-5-2-6-10-14)16(12-36-19(33)13-7-3-1-4-8-13)37-21(23)31-11-15(24(27,28)29)18(32)30-22(31)35/h1-11,16-17,21H,12H2,(H,30,32,35)/t16-,17-,21-/m1/s1. The number of nitrogens with one attached hydrogen (secondary N) is 1. The van der Waals surface area contributed by atoms with Gasteiger partial charge in [0.1, 0.15) is 18.3 Å². The van der Waals surface area contributed by atoms with E-state index in [4.69, 9.17) is 14.2 Å². The summed E-state index contributed by atoms with van der Waals surface area (Å²) in [5.74, 6) is -6.50. The van der Waals surface area contributed by atoms with Crippen molar-refractivity contribution in [1.82, 2.24) is 9.55 Å². The first-order valence-corrected chi connectivity index (χ1v) is 10.8. The van der Waals surface area contributed by atoms with Gasteiger partial charge in [-0.1, -0.05) is 36.4 Å². The van der Waals surface area contributed by atoms with E-state index in [9.17, 15) is 32.3 Å². The van der Waals surface area contributed by atoms with E-state index in [1.165, 1.54) is 53.5 Å². The van der Waals surface area contributed by atoms with Crippen LogP contribution in [0, 0.1) is 0 Å². The number of rotatable bonds is 6. The number of alkyl halides is 5. The number of carbonyl (C=O) groups is 2. The third-order valence-electron chi connectivity index (χ3n) is 5.51. The number of hydrogen-bond donors (Lipinski definition) is 1. The summed E-state index contributed by atoms with van der Waals surface area (Å²) in [4.78, 5) is 50.0. The number of nitrogens with zero attached hydrogens (tertiary/aromatic N) is 1. The van der Waals surface area contributed by atoms with Gasteiger partial charge < -0.3 is 14.2 Å². The van der Waals surface area contributed by atoms with Crippen LogP contribution in [0.4, 0.5) is 22.0 Å². The molecule has 1 fully saturated rings. The smallest absolute Gasteiger partial charge is 0.423 e.